The summed E-state index contributed by atoms with van der Waals surface area (Å²) in [6, 6.07) is 20.6. The van der Waals surface area contributed by atoms with Gasteiger partial charge in [-0.3, -0.25) is 14.4 Å². The Morgan fingerprint density at radius 1 is 0.892 bits per heavy atom. The van der Waals surface area contributed by atoms with E-state index in [1.165, 1.54) is 0 Å². The number of rotatable bonds is 8. The highest BCUT2D eigenvalue weighted by molar-refractivity contribution is 6.02. The van der Waals surface area contributed by atoms with Crippen molar-refractivity contribution >= 4 is 23.3 Å². The summed E-state index contributed by atoms with van der Waals surface area (Å²) in [6.07, 6.45) is -0.878. The van der Waals surface area contributed by atoms with Gasteiger partial charge in [0.2, 0.25) is 11.7 Å². The van der Waals surface area contributed by atoms with Crippen LogP contribution in [0.2, 0.25) is 0 Å². The monoisotopic (exact) mass is 499 g/mol. The number of ether oxygens (including phenoxy) is 2. The molecule has 3 aromatic rings. The van der Waals surface area contributed by atoms with Gasteiger partial charge < -0.3 is 14.4 Å². The van der Waals surface area contributed by atoms with Crippen molar-refractivity contribution in [2.45, 2.75) is 53.1 Å². The number of Topliss-reactive ketones (excluding diaryl/α,β-unsaturated/α-hetero) is 1. The number of hydrogen-bond donors (Lipinski definition) is 0. The van der Waals surface area contributed by atoms with Crippen molar-refractivity contribution in [3.05, 3.63) is 89.0 Å². The number of benzene rings is 3. The third-order valence-electron chi connectivity index (χ3n) is 6.62. The van der Waals surface area contributed by atoms with Crippen LogP contribution in [-0.2, 0) is 14.3 Å². The molecule has 0 radical (unpaired) electrons. The zero-order valence-corrected chi connectivity index (χ0v) is 22.0. The van der Waals surface area contributed by atoms with E-state index in [0.717, 1.165) is 22.4 Å². The lowest BCUT2D eigenvalue weighted by Crippen LogP contribution is -2.30. The zero-order valence-electron chi connectivity index (χ0n) is 22.0. The molecule has 1 aliphatic heterocycles. The number of amides is 1. The molecule has 0 unspecified atom stereocenters. The number of esters is 1. The van der Waals surface area contributed by atoms with Crippen molar-refractivity contribution in [2.75, 3.05) is 11.4 Å². The predicted octanol–water partition coefficient (Wildman–Crippen LogP) is 6.39. The largest absolute Gasteiger partial charge is 0.457 e. The molecule has 6 nitrogen and oxygen atoms in total. The first-order chi connectivity index (χ1) is 17.6. The fourth-order valence-corrected chi connectivity index (χ4v) is 4.42. The fourth-order valence-electron chi connectivity index (χ4n) is 4.42. The molecule has 0 aliphatic carbocycles. The van der Waals surface area contributed by atoms with Crippen LogP contribution in [0.4, 0.5) is 5.69 Å². The van der Waals surface area contributed by atoms with E-state index in [2.05, 4.69) is 26.0 Å². The second kappa shape index (κ2) is 11.0. The minimum atomic E-state index is -0.923. The van der Waals surface area contributed by atoms with Crippen LogP contribution in [0.25, 0.3) is 0 Å². The Balaban J connectivity index is 1.39. The van der Waals surface area contributed by atoms with Crippen molar-refractivity contribution in [3.8, 4) is 11.5 Å². The van der Waals surface area contributed by atoms with Gasteiger partial charge in [-0.2, -0.15) is 0 Å². The Labute approximate surface area is 218 Å². The highest BCUT2D eigenvalue weighted by atomic mass is 16.5. The van der Waals surface area contributed by atoms with E-state index in [-0.39, 0.29) is 24.7 Å². The SMILES string of the molecule is Cc1ccc(C(=O)[C@@H](C)OC(=O)[C@@H]2CC(=O)N(c3ccc(Oc4cc(C)ccc4C(C)C)cc3)C2)cc1. The van der Waals surface area contributed by atoms with E-state index in [1.807, 2.05) is 56.3 Å². The van der Waals surface area contributed by atoms with Crippen molar-refractivity contribution in [2.24, 2.45) is 5.92 Å². The summed E-state index contributed by atoms with van der Waals surface area (Å²) in [5.41, 5.74) is 4.46. The maximum absolute atomic E-state index is 12.8. The molecule has 1 amide bonds. The number of hydrogen-bond acceptors (Lipinski definition) is 5. The van der Waals surface area contributed by atoms with Gasteiger partial charge >= 0.3 is 5.97 Å². The molecule has 0 bridgehead atoms. The summed E-state index contributed by atoms with van der Waals surface area (Å²) in [6.45, 7) is 9.99. The Morgan fingerprint density at radius 3 is 2.19 bits per heavy atom. The van der Waals surface area contributed by atoms with Gasteiger partial charge in [-0.05, 0) is 68.1 Å². The topological polar surface area (TPSA) is 72.9 Å². The van der Waals surface area contributed by atoms with Gasteiger partial charge in [0.25, 0.3) is 0 Å². The molecule has 37 heavy (non-hydrogen) atoms. The van der Waals surface area contributed by atoms with Gasteiger partial charge in [0.15, 0.2) is 6.10 Å². The summed E-state index contributed by atoms with van der Waals surface area (Å²) >= 11 is 0. The highest BCUT2D eigenvalue weighted by Gasteiger charge is 2.37. The highest BCUT2D eigenvalue weighted by Crippen LogP contribution is 2.33. The quantitative estimate of drug-likeness (QED) is 0.265. The van der Waals surface area contributed by atoms with Crippen LogP contribution in [-0.4, -0.2) is 30.3 Å². The van der Waals surface area contributed by atoms with Crippen molar-refractivity contribution in [1.82, 2.24) is 0 Å². The maximum atomic E-state index is 12.8. The molecule has 0 spiro atoms. The van der Waals surface area contributed by atoms with Gasteiger partial charge in [-0.1, -0.05) is 55.8 Å². The third-order valence-corrected chi connectivity index (χ3v) is 6.62. The smallest absolute Gasteiger partial charge is 0.312 e. The molecule has 0 aromatic heterocycles. The zero-order chi connectivity index (χ0) is 26.7. The van der Waals surface area contributed by atoms with Crippen LogP contribution in [0, 0.1) is 19.8 Å². The van der Waals surface area contributed by atoms with Crippen LogP contribution in [0.15, 0.2) is 66.7 Å². The first-order valence-electron chi connectivity index (χ1n) is 12.6. The molecule has 3 aromatic carbocycles. The Hall–Kier alpha value is -3.93. The van der Waals surface area contributed by atoms with E-state index in [1.54, 1.807) is 24.0 Å². The number of aryl methyl sites for hydroxylation is 2. The average Bonchev–Trinajstić information content (AvgIpc) is 3.26. The van der Waals surface area contributed by atoms with Gasteiger partial charge in [0, 0.05) is 24.2 Å². The first-order valence-corrected chi connectivity index (χ1v) is 12.6. The number of anilines is 1. The van der Waals surface area contributed by atoms with Crippen LogP contribution >= 0.6 is 0 Å². The summed E-state index contributed by atoms with van der Waals surface area (Å²) in [5.74, 6) is 0.221. The molecule has 1 fully saturated rings. The second-order valence-corrected chi connectivity index (χ2v) is 10.0. The number of ketones is 1. The van der Waals surface area contributed by atoms with Gasteiger partial charge in [-0.15, -0.1) is 0 Å². The lowest BCUT2D eigenvalue weighted by atomic mass is 10.0. The third kappa shape index (κ3) is 6.08. The van der Waals surface area contributed by atoms with Gasteiger partial charge in [0.1, 0.15) is 11.5 Å². The maximum Gasteiger partial charge on any atom is 0.312 e. The molecule has 1 saturated heterocycles. The minimum absolute atomic E-state index is 0.0452. The number of nitrogens with zero attached hydrogens (tertiary/aromatic N) is 1. The molecule has 0 N–H and O–H groups in total. The fraction of sp³-hybridized carbons (Fsp3) is 0.323. The molecule has 2 atom stereocenters. The lowest BCUT2D eigenvalue weighted by Gasteiger charge is -2.19. The van der Waals surface area contributed by atoms with Gasteiger partial charge in [0.05, 0.1) is 5.92 Å². The van der Waals surface area contributed by atoms with Crippen LogP contribution in [0.5, 0.6) is 11.5 Å². The average molecular weight is 500 g/mol. The molecule has 0 saturated carbocycles. The van der Waals surface area contributed by atoms with Gasteiger partial charge in [-0.25, -0.2) is 0 Å². The second-order valence-electron chi connectivity index (χ2n) is 10.0. The lowest BCUT2D eigenvalue weighted by molar-refractivity contribution is -0.151. The minimum Gasteiger partial charge on any atom is -0.457 e. The van der Waals surface area contributed by atoms with Crippen LogP contribution in [0.3, 0.4) is 0 Å². The van der Waals surface area contributed by atoms with Crippen LogP contribution in [0.1, 0.15) is 60.2 Å². The Bertz CT molecular complexity index is 1290. The van der Waals surface area contributed by atoms with Crippen molar-refractivity contribution in [1.29, 1.82) is 0 Å². The molecule has 1 aliphatic rings. The molecule has 192 valence electrons. The molecule has 6 heteroatoms. The summed E-state index contributed by atoms with van der Waals surface area (Å²) in [4.78, 5) is 39.7. The van der Waals surface area contributed by atoms with E-state index in [4.69, 9.17) is 9.47 Å². The molecular weight excluding hydrogens is 466 g/mol. The standard InChI is InChI=1S/C31H33NO5/c1-19(2)27-15-8-21(4)16-28(27)37-26-13-11-25(12-14-26)32-18-24(17-29(32)33)31(35)36-22(5)30(34)23-9-6-20(3)7-10-23/h6-16,19,22,24H,17-18H2,1-5H3/t22-,24-/m1/s1. The molecule has 4 rings (SSSR count). The van der Waals surface area contributed by atoms with Crippen molar-refractivity contribution in [3.63, 3.8) is 0 Å². The normalized spacial score (nSPS) is 16.1. The number of carbonyl (C=O) groups excluding carboxylic acids is 3. The first kappa shape index (κ1) is 26.1. The van der Waals surface area contributed by atoms with E-state index in [9.17, 15) is 14.4 Å². The van der Waals surface area contributed by atoms with Crippen LogP contribution < -0.4 is 9.64 Å². The van der Waals surface area contributed by atoms with E-state index < -0.39 is 18.0 Å². The van der Waals surface area contributed by atoms with Crippen molar-refractivity contribution < 1.29 is 23.9 Å². The van der Waals surface area contributed by atoms with E-state index in [0.29, 0.717) is 22.9 Å². The summed E-state index contributed by atoms with van der Waals surface area (Å²) in [5, 5.41) is 0. The molecular formula is C31H33NO5. The summed E-state index contributed by atoms with van der Waals surface area (Å²) in [7, 11) is 0. The predicted molar refractivity (Wildman–Crippen MR) is 143 cm³/mol. The summed E-state index contributed by atoms with van der Waals surface area (Å²) < 4.78 is 11.6. The Kier molecular flexibility index (Phi) is 7.77. The number of carbonyl (C=O) groups is 3. The van der Waals surface area contributed by atoms with E-state index >= 15 is 0 Å². The Morgan fingerprint density at radius 2 is 1.54 bits per heavy atom. The molecule has 1 heterocycles.